The standard InChI is InChI=1S/C18H10ClNO3/c19-11-7-5-10(6-8-11)15-14(9-20)22-17-12-3-1-2-4-13(12)23-18(21)16(15)17/h1-8,14-15H/t14-,15-/m1/s1. The zero-order valence-electron chi connectivity index (χ0n) is 11.8. The Labute approximate surface area is 136 Å². The minimum atomic E-state index is -0.778. The smallest absolute Gasteiger partial charge is 0.344 e. The fourth-order valence-corrected chi connectivity index (χ4v) is 3.12. The summed E-state index contributed by atoms with van der Waals surface area (Å²) in [6, 6.07) is 16.3. The third kappa shape index (κ3) is 2.09. The summed E-state index contributed by atoms with van der Waals surface area (Å²) in [7, 11) is 0. The molecule has 4 nitrogen and oxygen atoms in total. The van der Waals surface area contributed by atoms with Gasteiger partial charge in [0.25, 0.3) is 0 Å². The Morgan fingerprint density at radius 1 is 1.09 bits per heavy atom. The van der Waals surface area contributed by atoms with Gasteiger partial charge in [-0.2, -0.15) is 5.26 Å². The van der Waals surface area contributed by atoms with Crippen molar-refractivity contribution in [2.75, 3.05) is 0 Å². The highest BCUT2D eigenvalue weighted by molar-refractivity contribution is 6.30. The molecular weight excluding hydrogens is 314 g/mol. The highest BCUT2D eigenvalue weighted by Gasteiger charge is 2.40. The van der Waals surface area contributed by atoms with Crippen molar-refractivity contribution >= 4 is 22.6 Å². The van der Waals surface area contributed by atoms with E-state index in [-0.39, 0.29) is 0 Å². The van der Waals surface area contributed by atoms with E-state index in [0.29, 0.717) is 27.3 Å². The molecule has 0 saturated heterocycles. The Kier molecular flexibility index (Phi) is 3.10. The van der Waals surface area contributed by atoms with Gasteiger partial charge in [-0.25, -0.2) is 4.79 Å². The monoisotopic (exact) mass is 323 g/mol. The fourth-order valence-electron chi connectivity index (χ4n) is 2.99. The van der Waals surface area contributed by atoms with Crippen LogP contribution in [-0.2, 0) is 0 Å². The summed E-state index contributed by atoms with van der Waals surface area (Å²) >= 11 is 5.92. The average molecular weight is 324 g/mol. The first kappa shape index (κ1) is 13.9. The Bertz CT molecular complexity index is 1000. The van der Waals surface area contributed by atoms with Crippen molar-refractivity contribution in [1.82, 2.24) is 0 Å². The molecule has 2 aromatic carbocycles. The first-order valence-corrected chi connectivity index (χ1v) is 7.44. The molecule has 0 N–H and O–H groups in total. The second-order valence-electron chi connectivity index (χ2n) is 5.33. The average Bonchev–Trinajstić information content (AvgIpc) is 2.96. The Morgan fingerprint density at radius 2 is 1.83 bits per heavy atom. The van der Waals surface area contributed by atoms with Crippen LogP contribution in [0, 0.1) is 11.3 Å². The maximum absolute atomic E-state index is 12.5. The van der Waals surface area contributed by atoms with Gasteiger partial charge in [0.2, 0.25) is 0 Å². The molecule has 0 bridgehead atoms. The molecule has 0 amide bonds. The number of nitriles is 1. The second-order valence-corrected chi connectivity index (χ2v) is 5.76. The van der Waals surface area contributed by atoms with Crippen LogP contribution in [0.1, 0.15) is 17.0 Å². The van der Waals surface area contributed by atoms with Crippen molar-refractivity contribution in [1.29, 1.82) is 5.26 Å². The van der Waals surface area contributed by atoms with Gasteiger partial charge in [0, 0.05) is 5.02 Å². The predicted octanol–water partition coefficient (Wildman–Crippen LogP) is 3.86. The lowest BCUT2D eigenvalue weighted by Gasteiger charge is -2.12. The SMILES string of the molecule is N#C[C@H]1Oc2c(c(=O)oc3ccccc23)[C@@H]1c1ccc(Cl)cc1. The second kappa shape index (κ2) is 5.15. The van der Waals surface area contributed by atoms with Gasteiger partial charge in [-0.3, -0.25) is 0 Å². The van der Waals surface area contributed by atoms with E-state index in [2.05, 4.69) is 6.07 Å². The Hall–Kier alpha value is -2.77. The van der Waals surface area contributed by atoms with E-state index in [4.69, 9.17) is 20.8 Å². The van der Waals surface area contributed by atoms with E-state index in [9.17, 15) is 10.1 Å². The number of benzene rings is 2. The lowest BCUT2D eigenvalue weighted by molar-refractivity contribution is 0.277. The van der Waals surface area contributed by atoms with E-state index >= 15 is 0 Å². The van der Waals surface area contributed by atoms with Crippen LogP contribution in [0.15, 0.2) is 57.7 Å². The third-order valence-corrected chi connectivity index (χ3v) is 4.27. The normalized spacial score (nSPS) is 19.1. The Balaban J connectivity index is 2.00. The number of fused-ring (bicyclic) bond motifs is 3. The van der Waals surface area contributed by atoms with Crippen LogP contribution in [0.3, 0.4) is 0 Å². The molecule has 0 aliphatic carbocycles. The predicted molar refractivity (Wildman–Crippen MR) is 85.8 cm³/mol. The molecule has 5 heteroatoms. The van der Waals surface area contributed by atoms with Gasteiger partial charge < -0.3 is 9.15 Å². The third-order valence-electron chi connectivity index (χ3n) is 4.01. The fraction of sp³-hybridized carbons (Fsp3) is 0.111. The zero-order chi connectivity index (χ0) is 16.0. The number of halogens is 1. The molecule has 1 aliphatic heterocycles. The van der Waals surface area contributed by atoms with Crippen LogP contribution in [0.4, 0.5) is 0 Å². The van der Waals surface area contributed by atoms with Crippen LogP contribution in [0.2, 0.25) is 5.02 Å². The van der Waals surface area contributed by atoms with Gasteiger partial charge in [-0.05, 0) is 29.8 Å². The summed E-state index contributed by atoms with van der Waals surface area (Å²) in [6.07, 6.45) is -0.778. The van der Waals surface area contributed by atoms with Crippen molar-refractivity contribution in [2.24, 2.45) is 0 Å². The van der Waals surface area contributed by atoms with Gasteiger partial charge in [0.15, 0.2) is 6.10 Å². The van der Waals surface area contributed by atoms with Gasteiger partial charge in [0.05, 0.1) is 16.9 Å². The summed E-state index contributed by atoms with van der Waals surface area (Å²) in [6.45, 7) is 0. The molecule has 4 rings (SSSR count). The lowest BCUT2D eigenvalue weighted by Crippen LogP contribution is -2.20. The van der Waals surface area contributed by atoms with Crippen molar-refractivity contribution in [2.45, 2.75) is 12.0 Å². The highest BCUT2D eigenvalue weighted by Crippen LogP contribution is 2.44. The van der Waals surface area contributed by atoms with Crippen LogP contribution >= 0.6 is 11.6 Å². The lowest BCUT2D eigenvalue weighted by atomic mass is 9.89. The minimum absolute atomic E-state index is 0.387. The maximum Gasteiger partial charge on any atom is 0.344 e. The van der Waals surface area contributed by atoms with E-state index < -0.39 is 17.6 Å². The number of rotatable bonds is 1. The summed E-state index contributed by atoms with van der Waals surface area (Å²) in [5.41, 5.74) is 1.15. The molecule has 0 unspecified atom stereocenters. The quantitative estimate of drug-likeness (QED) is 0.638. The number of hydrogen-bond donors (Lipinski definition) is 0. The Morgan fingerprint density at radius 3 is 2.57 bits per heavy atom. The van der Waals surface area contributed by atoms with E-state index in [1.54, 1.807) is 36.4 Å². The molecule has 1 aromatic heterocycles. The summed E-state index contributed by atoms with van der Waals surface area (Å²) in [4.78, 5) is 12.5. The van der Waals surface area contributed by atoms with Crippen molar-refractivity contribution < 1.29 is 9.15 Å². The molecule has 1 aliphatic rings. The maximum atomic E-state index is 12.5. The molecule has 2 atom stereocenters. The summed E-state index contributed by atoms with van der Waals surface area (Å²) < 4.78 is 11.2. The van der Waals surface area contributed by atoms with Gasteiger partial charge in [-0.15, -0.1) is 0 Å². The van der Waals surface area contributed by atoms with Crippen LogP contribution in [0.25, 0.3) is 11.0 Å². The van der Waals surface area contributed by atoms with Crippen molar-refractivity contribution in [3.8, 4) is 11.8 Å². The topological polar surface area (TPSA) is 63.2 Å². The molecule has 0 fully saturated rings. The van der Waals surface area contributed by atoms with E-state index in [1.165, 1.54) is 0 Å². The molecule has 0 radical (unpaired) electrons. The van der Waals surface area contributed by atoms with E-state index in [1.807, 2.05) is 12.1 Å². The zero-order valence-corrected chi connectivity index (χ0v) is 12.6. The first-order chi connectivity index (χ1) is 11.2. The minimum Gasteiger partial charge on any atom is -0.473 e. The number of nitrogens with zero attached hydrogens (tertiary/aromatic N) is 1. The first-order valence-electron chi connectivity index (χ1n) is 7.06. The van der Waals surface area contributed by atoms with Crippen molar-refractivity contribution in [3.63, 3.8) is 0 Å². The highest BCUT2D eigenvalue weighted by atomic mass is 35.5. The van der Waals surface area contributed by atoms with E-state index in [0.717, 1.165) is 5.56 Å². The van der Waals surface area contributed by atoms with Crippen LogP contribution < -0.4 is 10.4 Å². The van der Waals surface area contributed by atoms with Crippen molar-refractivity contribution in [3.05, 3.63) is 75.1 Å². The summed E-state index contributed by atoms with van der Waals surface area (Å²) in [5, 5.41) is 10.7. The molecule has 3 aromatic rings. The molecule has 2 heterocycles. The largest absolute Gasteiger partial charge is 0.473 e. The number of hydrogen-bond acceptors (Lipinski definition) is 4. The van der Waals surface area contributed by atoms with Crippen LogP contribution in [0.5, 0.6) is 5.75 Å². The van der Waals surface area contributed by atoms with Gasteiger partial charge in [0.1, 0.15) is 17.4 Å². The number of ether oxygens (including phenoxy) is 1. The van der Waals surface area contributed by atoms with Crippen LogP contribution in [-0.4, -0.2) is 6.10 Å². The van der Waals surface area contributed by atoms with Gasteiger partial charge in [-0.1, -0.05) is 35.9 Å². The summed E-state index contributed by atoms with van der Waals surface area (Å²) in [5.74, 6) is -0.0588. The molecular formula is C18H10ClNO3. The van der Waals surface area contributed by atoms with Gasteiger partial charge >= 0.3 is 5.63 Å². The molecule has 0 spiro atoms. The molecule has 112 valence electrons. The molecule has 0 saturated carbocycles. The number of para-hydroxylation sites is 1. The molecule has 23 heavy (non-hydrogen) atoms.